The molecule has 1 saturated carbocycles. The van der Waals surface area contributed by atoms with Crippen LogP contribution in [0.15, 0.2) is 29.2 Å². The van der Waals surface area contributed by atoms with E-state index in [9.17, 15) is 34.8 Å². The minimum atomic E-state index is -4.81. The average Bonchev–Trinajstić information content (AvgIpc) is 3.39. The molecule has 0 radical (unpaired) electrons. The maximum Gasteiger partial charge on any atom is 0.341 e. The van der Waals surface area contributed by atoms with Crippen LogP contribution in [0.1, 0.15) is 36.8 Å². The van der Waals surface area contributed by atoms with Crippen molar-refractivity contribution >= 4 is 21.0 Å². The maximum absolute atomic E-state index is 14.8. The lowest BCUT2D eigenvalue weighted by atomic mass is 9.95. The Bertz CT molecular complexity index is 1170. The van der Waals surface area contributed by atoms with E-state index in [0.717, 1.165) is 32.1 Å². The quantitative estimate of drug-likeness (QED) is 0.421. The number of methoxy groups -OCH3 is 1. The van der Waals surface area contributed by atoms with Gasteiger partial charge in [0.15, 0.2) is 17.4 Å². The zero-order valence-electron chi connectivity index (χ0n) is 16.1. The van der Waals surface area contributed by atoms with Crippen LogP contribution in [0.3, 0.4) is 0 Å². The van der Waals surface area contributed by atoms with Crippen molar-refractivity contribution in [3.05, 3.63) is 58.7 Å². The summed E-state index contributed by atoms with van der Waals surface area (Å²) >= 11 is 0. The van der Waals surface area contributed by atoms with E-state index >= 15 is 0 Å². The molecule has 2 aromatic rings. The first-order valence-corrected chi connectivity index (χ1v) is 10.8. The average molecular weight is 462 g/mol. The van der Waals surface area contributed by atoms with Crippen LogP contribution in [0, 0.1) is 28.7 Å². The van der Waals surface area contributed by atoms with E-state index in [1.807, 2.05) is 0 Å². The van der Waals surface area contributed by atoms with Gasteiger partial charge < -0.3 is 4.74 Å². The lowest BCUT2D eigenvalue weighted by Crippen LogP contribution is -2.11. The molecule has 166 valence electrons. The summed E-state index contributed by atoms with van der Waals surface area (Å²) in [5, 5.41) is 0. The van der Waals surface area contributed by atoms with E-state index in [1.165, 1.54) is 12.1 Å². The second-order valence-corrected chi connectivity index (χ2v) is 9.72. The molecule has 2 aliphatic rings. The topological polar surface area (TPSA) is 43.4 Å². The van der Waals surface area contributed by atoms with Gasteiger partial charge in [0.2, 0.25) is 21.5 Å². The first-order valence-electron chi connectivity index (χ1n) is 9.27. The van der Waals surface area contributed by atoms with Gasteiger partial charge in [0.25, 0.3) is 0 Å². The minimum absolute atomic E-state index is 0.0671. The van der Waals surface area contributed by atoms with E-state index in [-0.39, 0.29) is 17.4 Å². The van der Waals surface area contributed by atoms with Crippen LogP contribution in [-0.4, -0.2) is 21.3 Å². The van der Waals surface area contributed by atoms with Crippen LogP contribution in [-0.2, 0) is 9.84 Å². The van der Waals surface area contributed by atoms with Gasteiger partial charge in [-0.3, -0.25) is 0 Å². The fraction of sp³-hybridized carbons (Fsp3) is 0.333. The molecule has 0 unspecified atom stereocenters. The first kappa shape index (κ1) is 21.7. The van der Waals surface area contributed by atoms with Gasteiger partial charge in [-0.25, -0.2) is 17.2 Å². The van der Waals surface area contributed by atoms with Crippen LogP contribution in [0.5, 0.6) is 5.75 Å². The molecule has 4 rings (SSSR count). The van der Waals surface area contributed by atoms with Crippen molar-refractivity contribution in [2.24, 2.45) is 5.41 Å². The lowest BCUT2D eigenvalue weighted by molar-refractivity contribution is 0.234. The van der Waals surface area contributed by atoms with Gasteiger partial charge in [0.1, 0.15) is 0 Å². The Morgan fingerprint density at radius 3 is 1.84 bits per heavy atom. The van der Waals surface area contributed by atoms with Gasteiger partial charge in [0, 0.05) is 0 Å². The first-order chi connectivity index (χ1) is 14.5. The van der Waals surface area contributed by atoms with Crippen molar-refractivity contribution in [3.8, 4) is 5.75 Å². The van der Waals surface area contributed by atoms with Gasteiger partial charge in [-0.05, 0) is 59.9 Å². The fourth-order valence-corrected chi connectivity index (χ4v) is 4.80. The number of hydrogen-bond acceptors (Lipinski definition) is 3. The largest absolute Gasteiger partial charge is 0.491 e. The lowest BCUT2D eigenvalue weighted by Gasteiger charge is -2.14. The summed E-state index contributed by atoms with van der Waals surface area (Å²) in [5.74, 6) is -11.2. The van der Waals surface area contributed by atoms with Crippen LogP contribution in [0.2, 0.25) is 0 Å². The highest BCUT2D eigenvalue weighted by Gasteiger charge is 2.49. The van der Waals surface area contributed by atoms with E-state index in [4.69, 9.17) is 0 Å². The molecule has 0 aromatic heterocycles. The number of alkyl halides is 2. The molecule has 3 nitrogen and oxygen atoms in total. The summed E-state index contributed by atoms with van der Waals surface area (Å²) in [7, 11) is -3.92. The number of halogens is 6. The molecular weight excluding hydrogens is 446 g/mol. The third-order valence-corrected chi connectivity index (χ3v) is 7.32. The molecule has 0 amide bonds. The molecule has 0 N–H and O–H groups in total. The highest BCUT2D eigenvalue weighted by atomic mass is 32.2. The van der Waals surface area contributed by atoms with E-state index in [1.54, 1.807) is 0 Å². The van der Waals surface area contributed by atoms with Crippen molar-refractivity contribution in [1.82, 2.24) is 0 Å². The summed E-state index contributed by atoms with van der Waals surface area (Å²) < 4.78 is 111. The van der Waals surface area contributed by atoms with Gasteiger partial charge >= 0.3 is 5.76 Å². The Morgan fingerprint density at radius 1 is 0.871 bits per heavy atom. The van der Waals surface area contributed by atoms with Crippen LogP contribution in [0.25, 0.3) is 11.1 Å². The second-order valence-electron chi connectivity index (χ2n) is 7.80. The Kier molecular flexibility index (Phi) is 5.11. The van der Waals surface area contributed by atoms with E-state index in [2.05, 4.69) is 4.74 Å². The zero-order valence-corrected chi connectivity index (χ0v) is 16.9. The molecule has 31 heavy (non-hydrogen) atoms. The van der Waals surface area contributed by atoms with Crippen molar-refractivity contribution in [3.63, 3.8) is 0 Å². The predicted octanol–water partition coefficient (Wildman–Crippen LogP) is 5.73. The molecule has 0 bridgehead atoms. The SMILES string of the molecule is COc1c(F)c(F)c(C2=C(c3ccc(S(=O)(=O)C(F)F)cc3)CC3(CC3)C2)c(F)c1F. The molecule has 1 spiro atoms. The van der Waals surface area contributed by atoms with Gasteiger partial charge in [-0.2, -0.15) is 17.6 Å². The minimum Gasteiger partial charge on any atom is -0.491 e. The predicted molar refractivity (Wildman–Crippen MR) is 100 cm³/mol. The monoisotopic (exact) mass is 462 g/mol. The van der Waals surface area contributed by atoms with Gasteiger partial charge in [-0.15, -0.1) is 0 Å². The number of ether oxygens (including phenoxy) is 1. The normalized spacial score (nSPS) is 17.7. The highest BCUT2D eigenvalue weighted by Crippen LogP contribution is 2.64. The molecule has 2 aliphatic carbocycles. The second kappa shape index (κ2) is 7.29. The summed E-state index contributed by atoms with van der Waals surface area (Å²) in [6, 6.07) is 4.44. The van der Waals surface area contributed by atoms with Crippen LogP contribution >= 0.6 is 0 Å². The standard InChI is InChI=1S/C21H16F6O3S/c1-30-19-17(24)15(22)14(16(23)18(19)25)13-9-21(6-7-21)8-12(13)10-2-4-11(5-3-10)31(28,29)20(26)27/h2-5,20H,6-9H2,1H3. The summed E-state index contributed by atoms with van der Waals surface area (Å²) in [4.78, 5) is -0.605. The fourth-order valence-electron chi connectivity index (χ4n) is 4.08. The zero-order chi connectivity index (χ0) is 22.7. The van der Waals surface area contributed by atoms with E-state index < -0.39 is 55.1 Å². The smallest absolute Gasteiger partial charge is 0.341 e. The van der Waals surface area contributed by atoms with Gasteiger partial charge in [-0.1, -0.05) is 12.1 Å². The number of rotatable bonds is 5. The summed E-state index contributed by atoms with van der Waals surface area (Å²) in [6.45, 7) is 0. The molecular formula is C21H16F6O3S. The molecule has 0 heterocycles. The highest BCUT2D eigenvalue weighted by molar-refractivity contribution is 7.91. The van der Waals surface area contributed by atoms with Crippen molar-refractivity contribution in [2.45, 2.75) is 36.3 Å². The van der Waals surface area contributed by atoms with Crippen molar-refractivity contribution in [1.29, 1.82) is 0 Å². The Hall–Kier alpha value is -2.49. The van der Waals surface area contributed by atoms with Crippen molar-refractivity contribution in [2.75, 3.05) is 7.11 Å². The maximum atomic E-state index is 14.8. The molecule has 2 aromatic carbocycles. The Balaban J connectivity index is 1.87. The molecule has 0 saturated heterocycles. The van der Waals surface area contributed by atoms with Crippen LogP contribution in [0.4, 0.5) is 26.3 Å². The van der Waals surface area contributed by atoms with Crippen LogP contribution < -0.4 is 4.74 Å². The number of allylic oxidation sites excluding steroid dienone is 2. The Morgan fingerprint density at radius 2 is 1.39 bits per heavy atom. The summed E-state index contributed by atoms with van der Waals surface area (Å²) in [6.07, 6.45) is 2.04. The molecule has 0 aliphatic heterocycles. The summed E-state index contributed by atoms with van der Waals surface area (Å²) in [5.41, 5.74) is -0.330. The molecule has 10 heteroatoms. The number of sulfone groups is 1. The third-order valence-electron chi connectivity index (χ3n) is 5.92. The third kappa shape index (κ3) is 3.40. The molecule has 0 atom stereocenters. The Labute approximate surface area is 174 Å². The number of hydrogen-bond donors (Lipinski definition) is 0. The number of benzene rings is 2. The van der Waals surface area contributed by atoms with Gasteiger partial charge in [0.05, 0.1) is 17.6 Å². The van der Waals surface area contributed by atoms with Crippen molar-refractivity contribution < 1.29 is 39.5 Å². The molecule has 1 fully saturated rings. The van der Waals surface area contributed by atoms with E-state index in [0.29, 0.717) is 17.6 Å².